The van der Waals surface area contributed by atoms with Crippen molar-refractivity contribution in [2.24, 2.45) is 5.73 Å². The van der Waals surface area contributed by atoms with Gasteiger partial charge in [0.2, 0.25) is 0 Å². The molecule has 1 fully saturated rings. The van der Waals surface area contributed by atoms with Crippen LogP contribution in [0.3, 0.4) is 0 Å². The summed E-state index contributed by atoms with van der Waals surface area (Å²) in [6.07, 6.45) is -1.82. The van der Waals surface area contributed by atoms with E-state index >= 15 is 0 Å². The van der Waals surface area contributed by atoms with E-state index in [1.807, 2.05) is 0 Å². The van der Waals surface area contributed by atoms with E-state index in [9.17, 15) is 10.2 Å². The van der Waals surface area contributed by atoms with Crippen LogP contribution in [0.5, 0.6) is 0 Å². The number of nitrogens with one attached hydrogen (secondary N) is 1. The molecule has 1 aliphatic rings. The third-order valence-electron chi connectivity index (χ3n) is 2.26. The molecule has 4 unspecified atom stereocenters. The van der Waals surface area contributed by atoms with Crippen molar-refractivity contribution in [2.45, 2.75) is 31.0 Å². The third kappa shape index (κ3) is 3.16. The summed E-state index contributed by atoms with van der Waals surface area (Å²) in [5.41, 5.74) is 5.49. The number of rotatable bonds is 4. The zero-order valence-corrected chi connectivity index (χ0v) is 7.97. The third-order valence-corrected chi connectivity index (χ3v) is 2.26. The molecule has 0 aromatic heterocycles. The average molecular weight is 206 g/mol. The number of nitrogens with two attached hydrogens (primary N) is 1. The lowest BCUT2D eigenvalue weighted by molar-refractivity contribution is -0.205. The molecule has 0 spiro atoms. The number of hydrogen-bond donors (Lipinski definition) is 5. The number of aliphatic hydroxyl groups excluding tert-OH is 3. The van der Waals surface area contributed by atoms with E-state index in [0.29, 0.717) is 19.5 Å². The van der Waals surface area contributed by atoms with E-state index in [-0.39, 0.29) is 6.61 Å². The van der Waals surface area contributed by atoms with Crippen molar-refractivity contribution >= 4 is 0 Å². The van der Waals surface area contributed by atoms with Crippen molar-refractivity contribution in [1.29, 1.82) is 0 Å². The Bertz CT molecular complexity index is 169. The van der Waals surface area contributed by atoms with Gasteiger partial charge < -0.3 is 31.1 Å². The highest BCUT2D eigenvalue weighted by Gasteiger charge is 2.33. The molecule has 84 valence electrons. The molecule has 4 atom stereocenters. The minimum atomic E-state index is -1.01. The first kappa shape index (κ1) is 11.8. The first-order valence-corrected chi connectivity index (χ1v) is 4.74. The van der Waals surface area contributed by atoms with E-state index in [4.69, 9.17) is 15.6 Å². The van der Waals surface area contributed by atoms with Gasteiger partial charge in [0, 0.05) is 13.1 Å². The Morgan fingerprint density at radius 3 is 2.79 bits per heavy atom. The summed E-state index contributed by atoms with van der Waals surface area (Å²) in [4.78, 5) is 0. The van der Waals surface area contributed by atoms with Gasteiger partial charge in [-0.2, -0.15) is 0 Å². The summed E-state index contributed by atoms with van der Waals surface area (Å²) in [7, 11) is 0. The Morgan fingerprint density at radius 2 is 2.14 bits per heavy atom. The predicted octanol–water partition coefficient (Wildman–Crippen LogP) is -2.64. The van der Waals surface area contributed by atoms with E-state index in [1.54, 1.807) is 0 Å². The van der Waals surface area contributed by atoms with Crippen molar-refractivity contribution in [3.63, 3.8) is 0 Å². The van der Waals surface area contributed by atoms with Gasteiger partial charge >= 0.3 is 0 Å². The monoisotopic (exact) mass is 206 g/mol. The lowest BCUT2D eigenvalue weighted by atomic mass is 10.0. The van der Waals surface area contributed by atoms with Gasteiger partial charge in [-0.1, -0.05) is 0 Å². The molecule has 1 aliphatic heterocycles. The van der Waals surface area contributed by atoms with Gasteiger partial charge in [-0.25, -0.2) is 0 Å². The normalized spacial score (nSPS) is 38.6. The molecule has 1 heterocycles. The second kappa shape index (κ2) is 5.59. The highest BCUT2D eigenvalue weighted by molar-refractivity contribution is 4.83. The molecule has 0 amide bonds. The molecule has 0 saturated carbocycles. The zero-order chi connectivity index (χ0) is 10.6. The highest BCUT2D eigenvalue weighted by atomic mass is 16.6. The summed E-state index contributed by atoms with van der Waals surface area (Å²) in [5.74, 6) is 0. The number of hydrogen-bond acceptors (Lipinski definition) is 6. The van der Waals surface area contributed by atoms with Gasteiger partial charge in [0.1, 0.15) is 0 Å². The van der Waals surface area contributed by atoms with E-state index in [1.165, 1.54) is 0 Å². The minimum Gasteiger partial charge on any atom is -0.395 e. The first-order chi connectivity index (χ1) is 6.65. The number of ether oxygens (including phenoxy) is 1. The average Bonchev–Trinajstić information content (AvgIpc) is 2.14. The second-order valence-electron chi connectivity index (χ2n) is 3.46. The Labute approximate surface area is 82.7 Å². The maximum atomic E-state index is 9.54. The maximum absolute atomic E-state index is 9.54. The van der Waals surface area contributed by atoms with E-state index in [0.717, 1.165) is 0 Å². The Hall–Kier alpha value is -0.240. The van der Waals surface area contributed by atoms with Crippen molar-refractivity contribution in [1.82, 2.24) is 5.32 Å². The Balaban J connectivity index is 2.29. The van der Waals surface area contributed by atoms with Crippen molar-refractivity contribution in [3.8, 4) is 0 Å². The van der Waals surface area contributed by atoms with Crippen LogP contribution in [0, 0.1) is 0 Å². The lowest BCUT2D eigenvalue weighted by Gasteiger charge is -2.35. The Kier molecular flexibility index (Phi) is 4.73. The molecule has 0 aliphatic carbocycles. The molecule has 6 nitrogen and oxygen atoms in total. The van der Waals surface area contributed by atoms with Crippen LogP contribution in [0.4, 0.5) is 0 Å². The largest absolute Gasteiger partial charge is 0.395 e. The van der Waals surface area contributed by atoms with Crippen molar-refractivity contribution in [3.05, 3.63) is 0 Å². The fourth-order valence-electron chi connectivity index (χ4n) is 1.43. The van der Waals surface area contributed by atoms with Crippen LogP contribution in [-0.4, -0.2) is 59.6 Å². The summed E-state index contributed by atoms with van der Waals surface area (Å²) in [6, 6.07) is -0.529. The molecule has 14 heavy (non-hydrogen) atoms. The van der Waals surface area contributed by atoms with Gasteiger partial charge in [-0.3, -0.25) is 0 Å². The predicted molar refractivity (Wildman–Crippen MR) is 49.4 cm³/mol. The van der Waals surface area contributed by atoms with E-state index in [2.05, 4.69) is 5.32 Å². The number of aliphatic hydroxyl groups is 3. The fourth-order valence-corrected chi connectivity index (χ4v) is 1.43. The van der Waals surface area contributed by atoms with Crippen molar-refractivity contribution < 1.29 is 20.1 Å². The quantitative estimate of drug-likeness (QED) is 0.322. The smallest absolute Gasteiger partial charge is 0.170 e. The van der Waals surface area contributed by atoms with Crippen LogP contribution in [0.25, 0.3) is 0 Å². The molecule has 0 radical (unpaired) electrons. The summed E-state index contributed by atoms with van der Waals surface area (Å²) in [6.45, 7) is 0.866. The molecule has 1 saturated heterocycles. The van der Waals surface area contributed by atoms with Gasteiger partial charge in [0.15, 0.2) is 6.29 Å². The van der Waals surface area contributed by atoms with Gasteiger partial charge in [-0.05, 0) is 6.42 Å². The molecule has 1 rings (SSSR count). The highest BCUT2D eigenvalue weighted by Crippen LogP contribution is 2.16. The molecule has 0 aromatic rings. The first-order valence-electron chi connectivity index (χ1n) is 4.74. The fraction of sp³-hybridized carbons (Fsp3) is 1.00. The molecular weight excluding hydrogens is 188 g/mol. The van der Waals surface area contributed by atoms with Crippen molar-refractivity contribution in [2.75, 3.05) is 19.7 Å². The van der Waals surface area contributed by atoms with Gasteiger partial charge in [-0.15, -0.1) is 0 Å². The van der Waals surface area contributed by atoms with Crippen LogP contribution in [-0.2, 0) is 4.74 Å². The minimum absolute atomic E-state index is 0.0326. The van der Waals surface area contributed by atoms with Crippen LogP contribution in [0.1, 0.15) is 6.42 Å². The molecule has 0 aromatic carbocycles. The molecular formula is C8H18N2O4. The van der Waals surface area contributed by atoms with Crippen LogP contribution >= 0.6 is 0 Å². The summed E-state index contributed by atoms with van der Waals surface area (Å²) >= 11 is 0. The Morgan fingerprint density at radius 1 is 1.43 bits per heavy atom. The molecule has 6 N–H and O–H groups in total. The second-order valence-corrected chi connectivity index (χ2v) is 3.46. The zero-order valence-electron chi connectivity index (χ0n) is 7.97. The topological polar surface area (TPSA) is 108 Å². The van der Waals surface area contributed by atoms with Gasteiger partial charge in [0.25, 0.3) is 0 Å². The standard InChI is InChI=1S/C8H18N2O4/c9-5-3-6(12)7(14-8(5)13)4-10-1-2-11/h5-8,10-13H,1-4,9H2. The lowest BCUT2D eigenvalue weighted by Crippen LogP contribution is -2.54. The van der Waals surface area contributed by atoms with Crippen LogP contribution in [0.2, 0.25) is 0 Å². The van der Waals surface area contributed by atoms with Crippen LogP contribution < -0.4 is 11.1 Å². The molecule has 0 bridgehead atoms. The maximum Gasteiger partial charge on any atom is 0.170 e. The van der Waals surface area contributed by atoms with Gasteiger partial charge in [0.05, 0.1) is 24.9 Å². The summed E-state index contributed by atoms with van der Waals surface area (Å²) < 4.78 is 5.09. The van der Waals surface area contributed by atoms with Crippen LogP contribution in [0.15, 0.2) is 0 Å². The SMILES string of the molecule is NC1CC(O)C(CNCCO)OC1O. The van der Waals surface area contributed by atoms with E-state index < -0.39 is 24.5 Å². The summed E-state index contributed by atoms with van der Waals surface area (Å²) in [5, 5.41) is 30.2. The molecule has 6 heteroatoms.